The Morgan fingerprint density at radius 2 is 1.04 bits per heavy atom. The minimum absolute atomic E-state index is 0.236. The molecule has 4 unspecified atom stereocenters. The lowest BCUT2D eigenvalue weighted by molar-refractivity contribution is -0.112. The molecule has 0 bridgehead atoms. The third-order valence-electron chi connectivity index (χ3n) is 3.97. The van der Waals surface area contributed by atoms with Gasteiger partial charge in [0.25, 0.3) is 0 Å². The maximum atomic E-state index is 12.3. The van der Waals surface area contributed by atoms with Crippen molar-refractivity contribution in [1.82, 2.24) is 19.6 Å². The van der Waals surface area contributed by atoms with E-state index < -0.39 is 43.6 Å². The molecule has 2 aliphatic rings. The molecule has 12 nitrogen and oxygen atoms in total. The number of rotatable bonds is 8. The number of carbonyl (C=O) groups excluding carboxylic acids is 2. The normalized spacial score (nSPS) is 30.2. The fourth-order valence-corrected chi connectivity index (χ4v) is 2.52. The summed E-state index contributed by atoms with van der Waals surface area (Å²) in [6, 6.07) is -1.54. The van der Waals surface area contributed by atoms with Crippen molar-refractivity contribution in [2.24, 2.45) is 0 Å². The zero-order valence-electron chi connectivity index (χ0n) is 14.1. The molecule has 2 rings (SSSR count). The van der Waals surface area contributed by atoms with Gasteiger partial charge in [-0.25, -0.2) is 9.59 Å². The van der Waals surface area contributed by atoms with E-state index in [0.29, 0.717) is 13.2 Å². The van der Waals surface area contributed by atoms with Crippen LogP contribution in [-0.2, 0) is 9.47 Å². The van der Waals surface area contributed by atoms with Gasteiger partial charge in [-0.05, 0) is 13.8 Å². The molecule has 2 saturated heterocycles. The number of carbonyl (C=O) groups is 2. The molecule has 0 saturated carbocycles. The molecular formula is C13H24N4O8. The molecule has 4 amide bonds. The Bertz CT molecular complexity index is 453. The predicted molar refractivity (Wildman–Crippen MR) is 80.0 cm³/mol. The molecular weight excluding hydrogens is 340 g/mol. The number of amides is 4. The van der Waals surface area contributed by atoms with E-state index in [1.54, 1.807) is 13.8 Å². The number of hydrogen-bond donors (Lipinski definition) is 4. The van der Waals surface area contributed by atoms with Crippen molar-refractivity contribution in [2.75, 3.05) is 33.3 Å². The molecule has 4 N–H and O–H groups in total. The molecule has 0 spiro atoms. The van der Waals surface area contributed by atoms with Gasteiger partial charge in [0.2, 0.25) is 0 Å². The quantitative estimate of drug-likeness (QED) is 0.375. The number of aliphatic hydroxyl groups excluding tert-OH is 4. The van der Waals surface area contributed by atoms with Gasteiger partial charge in [-0.15, -0.1) is 0 Å². The van der Waals surface area contributed by atoms with Crippen molar-refractivity contribution in [1.29, 1.82) is 0 Å². The van der Waals surface area contributed by atoms with Crippen LogP contribution in [0.15, 0.2) is 0 Å². The number of nitrogens with zero attached hydrogens (tertiary/aromatic N) is 4. The first-order valence-electron chi connectivity index (χ1n) is 7.87. The van der Waals surface area contributed by atoms with Crippen molar-refractivity contribution in [3.63, 3.8) is 0 Å². The zero-order chi connectivity index (χ0) is 18.7. The summed E-state index contributed by atoms with van der Waals surface area (Å²) in [5, 5.41) is 40.0. The van der Waals surface area contributed by atoms with E-state index in [9.17, 15) is 30.0 Å². The van der Waals surface area contributed by atoms with Gasteiger partial charge in [0.1, 0.15) is 20.1 Å². The lowest BCUT2D eigenvalue weighted by Crippen LogP contribution is -2.48. The van der Waals surface area contributed by atoms with Crippen LogP contribution >= 0.6 is 0 Å². The van der Waals surface area contributed by atoms with Crippen LogP contribution in [0.4, 0.5) is 9.59 Å². The highest BCUT2D eigenvalue weighted by Crippen LogP contribution is 2.25. The van der Waals surface area contributed by atoms with E-state index in [1.807, 2.05) is 0 Å². The lowest BCUT2D eigenvalue weighted by Gasteiger charge is -2.27. The lowest BCUT2D eigenvalue weighted by atomic mass is 10.4. The largest absolute Gasteiger partial charge is 0.369 e. The molecule has 2 heterocycles. The fourth-order valence-electron chi connectivity index (χ4n) is 2.52. The Hall–Kier alpha value is -1.70. The molecule has 0 aliphatic carbocycles. The SMILES string of the molecule is CCOCN1C(=O)N(CN2C(=O)N(COCC)C(O)C2O)C(O)C1O. The number of aliphatic hydroxyl groups is 4. The number of ether oxygens (including phenoxy) is 2. The molecule has 0 aromatic rings. The average Bonchev–Trinajstić information content (AvgIpc) is 2.91. The van der Waals surface area contributed by atoms with Crippen LogP contribution in [0.1, 0.15) is 13.8 Å². The molecule has 4 atom stereocenters. The van der Waals surface area contributed by atoms with Crippen LogP contribution in [0.25, 0.3) is 0 Å². The smallest absolute Gasteiger partial charge is 0.327 e. The number of hydrogen-bond acceptors (Lipinski definition) is 8. The van der Waals surface area contributed by atoms with Crippen molar-refractivity contribution in [3.05, 3.63) is 0 Å². The second-order valence-electron chi connectivity index (χ2n) is 5.48. The standard InChI is InChI=1S/C13H24N4O8/c1-3-24-6-16-10(20)8(18)14(12(16)22)5-15-9(19)11(21)17(13(15)23)7-25-4-2/h8-11,18-21H,3-7H2,1-2H3. The molecule has 2 aliphatic heterocycles. The van der Waals surface area contributed by atoms with E-state index >= 15 is 0 Å². The second-order valence-corrected chi connectivity index (χ2v) is 5.48. The second kappa shape index (κ2) is 8.12. The summed E-state index contributed by atoms with van der Waals surface area (Å²) in [6.07, 6.45) is -6.33. The van der Waals surface area contributed by atoms with Crippen LogP contribution in [0, 0.1) is 0 Å². The first kappa shape index (κ1) is 19.6. The Balaban J connectivity index is 2.07. The Morgan fingerprint density at radius 1 is 0.720 bits per heavy atom. The third-order valence-corrected chi connectivity index (χ3v) is 3.97. The van der Waals surface area contributed by atoms with Crippen LogP contribution in [0.3, 0.4) is 0 Å². The highest BCUT2D eigenvalue weighted by molar-refractivity contribution is 5.80. The summed E-state index contributed by atoms with van der Waals surface area (Å²) in [7, 11) is 0. The molecule has 0 aromatic heterocycles. The predicted octanol–water partition coefficient (Wildman–Crippen LogP) is -2.32. The van der Waals surface area contributed by atoms with Crippen molar-refractivity contribution >= 4 is 12.1 Å². The van der Waals surface area contributed by atoms with Gasteiger partial charge in [-0.1, -0.05) is 0 Å². The Morgan fingerprint density at radius 3 is 1.36 bits per heavy atom. The first-order valence-corrected chi connectivity index (χ1v) is 7.87. The minimum Gasteiger partial charge on any atom is -0.369 e. The van der Waals surface area contributed by atoms with Gasteiger partial charge in [-0.2, -0.15) is 0 Å². The van der Waals surface area contributed by atoms with Gasteiger partial charge >= 0.3 is 12.1 Å². The summed E-state index contributed by atoms with van der Waals surface area (Å²) in [5.74, 6) is 0. The highest BCUT2D eigenvalue weighted by atomic mass is 16.5. The Kier molecular flexibility index (Phi) is 6.37. The molecule has 25 heavy (non-hydrogen) atoms. The summed E-state index contributed by atoms with van der Waals surface area (Å²) in [5.41, 5.74) is 0. The van der Waals surface area contributed by atoms with Crippen LogP contribution in [0.5, 0.6) is 0 Å². The summed E-state index contributed by atoms with van der Waals surface area (Å²) >= 11 is 0. The van der Waals surface area contributed by atoms with Gasteiger partial charge in [0.15, 0.2) is 24.9 Å². The molecule has 0 radical (unpaired) electrons. The van der Waals surface area contributed by atoms with Crippen LogP contribution < -0.4 is 0 Å². The van der Waals surface area contributed by atoms with Crippen molar-refractivity contribution in [2.45, 2.75) is 38.8 Å². The third kappa shape index (κ3) is 3.63. The summed E-state index contributed by atoms with van der Waals surface area (Å²) < 4.78 is 10.1. The van der Waals surface area contributed by atoms with Crippen molar-refractivity contribution < 1.29 is 39.5 Å². The monoisotopic (exact) mass is 364 g/mol. The molecule has 144 valence electrons. The summed E-state index contributed by atoms with van der Waals surface area (Å²) in [4.78, 5) is 28.0. The van der Waals surface area contributed by atoms with Gasteiger partial charge in [0, 0.05) is 13.2 Å². The van der Waals surface area contributed by atoms with E-state index in [1.165, 1.54) is 0 Å². The van der Waals surface area contributed by atoms with Gasteiger partial charge < -0.3 is 29.9 Å². The van der Waals surface area contributed by atoms with Gasteiger partial charge in [-0.3, -0.25) is 19.6 Å². The fraction of sp³-hybridized carbons (Fsp3) is 0.846. The maximum absolute atomic E-state index is 12.3. The maximum Gasteiger partial charge on any atom is 0.327 e. The van der Waals surface area contributed by atoms with Gasteiger partial charge in [0.05, 0.1) is 0 Å². The summed E-state index contributed by atoms with van der Waals surface area (Å²) in [6.45, 7) is 3.01. The minimum atomic E-state index is -1.62. The number of urea groups is 2. The average molecular weight is 364 g/mol. The van der Waals surface area contributed by atoms with Crippen molar-refractivity contribution in [3.8, 4) is 0 Å². The molecule has 0 aromatic carbocycles. The zero-order valence-corrected chi connectivity index (χ0v) is 14.1. The van der Waals surface area contributed by atoms with E-state index in [4.69, 9.17) is 9.47 Å². The van der Waals surface area contributed by atoms with E-state index in [-0.39, 0.29) is 13.5 Å². The molecule has 2 fully saturated rings. The first-order chi connectivity index (χ1) is 11.8. The van der Waals surface area contributed by atoms with Crippen LogP contribution in [0.2, 0.25) is 0 Å². The van der Waals surface area contributed by atoms with E-state index in [2.05, 4.69) is 0 Å². The molecule has 12 heteroatoms. The topological polar surface area (TPSA) is 146 Å². The Labute approximate surface area is 144 Å². The van der Waals surface area contributed by atoms with E-state index in [0.717, 1.165) is 19.6 Å². The van der Waals surface area contributed by atoms with Crippen LogP contribution in [-0.4, -0.2) is 110 Å². The highest BCUT2D eigenvalue weighted by Gasteiger charge is 2.50.